The fourth-order valence-corrected chi connectivity index (χ4v) is 1.26. The molecule has 0 aliphatic rings. The van der Waals surface area contributed by atoms with E-state index in [0.29, 0.717) is 0 Å². The second-order valence-corrected chi connectivity index (χ2v) is 4.09. The lowest BCUT2D eigenvalue weighted by Gasteiger charge is -2.09. The molecule has 0 aromatic heterocycles. The predicted molar refractivity (Wildman–Crippen MR) is 69.5 cm³/mol. The third-order valence-corrected chi connectivity index (χ3v) is 2.36. The second kappa shape index (κ2) is 7.90. The summed E-state index contributed by atoms with van der Waals surface area (Å²) in [5.74, 6) is -2.23. The topological polar surface area (TPSA) is 105 Å². The number of benzene rings is 1. The van der Waals surface area contributed by atoms with Gasteiger partial charge in [-0.3, -0.25) is 9.59 Å². The Hall–Kier alpha value is -2.41. The van der Waals surface area contributed by atoms with Crippen LogP contribution in [0.1, 0.15) is 12.5 Å². The first-order valence-electron chi connectivity index (χ1n) is 5.97. The number of carboxylic acids is 1. The first kappa shape index (κ1) is 15.6. The summed E-state index contributed by atoms with van der Waals surface area (Å²) < 4.78 is 0. The van der Waals surface area contributed by atoms with E-state index in [2.05, 4.69) is 15.6 Å². The Kier molecular flexibility index (Phi) is 6.18. The molecule has 0 radical (unpaired) electrons. The molecule has 1 atom stereocenters. The van der Waals surface area contributed by atoms with E-state index in [-0.39, 0.29) is 18.9 Å². The lowest BCUT2D eigenvalue weighted by Crippen LogP contribution is -2.39. The van der Waals surface area contributed by atoms with Gasteiger partial charge in [0.1, 0.15) is 12.6 Å². The minimum Gasteiger partial charge on any atom is -0.480 e. The molecule has 0 fully saturated rings. The number of hydrogen-bond donors (Lipinski definition) is 3. The number of hydroxylamine groups is 1. The van der Waals surface area contributed by atoms with E-state index in [1.807, 2.05) is 18.2 Å². The van der Waals surface area contributed by atoms with Crippen molar-refractivity contribution in [2.24, 2.45) is 0 Å². The van der Waals surface area contributed by atoms with Crippen molar-refractivity contribution in [1.29, 1.82) is 0 Å². The molecule has 0 saturated carbocycles. The van der Waals surface area contributed by atoms with Crippen molar-refractivity contribution in [2.45, 2.75) is 19.4 Å². The number of carbonyl (C=O) groups is 3. The van der Waals surface area contributed by atoms with E-state index in [0.717, 1.165) is 5.56 Å². The second-order valence-electron chi connectivity index (χ2n) is 4.09. The predicted octanol–water partition coefficient (Wildman–Crippen LogP) is -0.134. The van der Waals surface area contributed by atoms with Gasteiger partial charge in [-0.25, -0.2) is 4.79 Å². The molecule has 1 aromatic rings. The van der Waals surface area contributed by atoms with Crippen LogP contribution in [0.2, 0.25) is 0 Å². The lowest BCUT2D eigenvalue weighted by atomic mass is 10.1. The fraction of sp³-hybridized carbons (Fsp3) is 0.308. The van der Waals surface area contributed by atoms with Crippen LogP contribution in [0, 0.1) is 0 Å². The van der Waals surface area contributed by atoms with Crippen molar-refractivity contribution < 1.29 is 24.3 Å². The van der Waals surface area contributed by atoms with Gasteiger partial charge in [-0.05, 0) is 12.5 Å². The average Bonchev–Trinajstić information content (AvgIpc) is 2.43. The Morgan fingerprint density at radius 2 is 1.90 bits per heavy atom. The molecular formula is C13H16N2O5. The van der Waals surface area contributed by atoms with Gasteiger partial charge in [-0.1, -0.05) is 30.3 Å². The molecule has 7 heteroatoms. The standard InChI is InChI=1S/C13H16N2O5/c1-9(13(18)19)15-20-12(17)8-14-11(16)7-10-5-3-2-4-6-10/h2-6,9,15H,7-8H2,1H3,(H,14,16)(H,18,19)/t9-/m0/s1. The molecule has 0 aliphatic carbocycles. The van der Waals surface area contributed by atoms with Gasteiger partial charge in [-0.15, -0.1) is 5.48 Å². The molecule has 7 nitrogen and oxygen atoms in total. The summed E-state index contributed by atoms with van der Waals surface area (Å²) in [4.78, 5) is 37.7. The summed E-state index contributed by atoms with van der Waals surface area (Å²) in [6.45, 7) is 0.995. The van der Waals surface area contributed by atoms with Crippen LogP contribution in [0.3, 0.4) is 0 Å². The van der Waals surface area contributed by atoms with E-state index in [1.165, 1.54) is 6.92 Å². The summed E-state index contributed by atoms with van der Waals surface area (Å²) in [7, 11) is 0. The molecule has 0 aliphatic heterocycles. The van der Waals surface area contributed by atoms with Gasteiger partial charge in [0.15, 0.2) is 0 Å². The highest BCUT2D eigenvalue weighted by Crippen LogP contribution is 1.98. The molecular weight excluding hydrogens is 264 g/mol. The molecule has 1 rings (SSSR count). The molecule has 1 amide bonds. The summed E-state index contributed by atoms with van der Waals surface area (Å²) in [5, 5.41) is 10.9. The van der Waals surface area contributed by atoms with Crippen LogP contribution < -0.4 is 10.8 Å². The minimum atomic E-state index is -1.15. The first-order valence-corrected chi connectivity index (χ1v) is 5.97. The third-order valence-electron chi connectivity index (χ3n) is 2.36. The molecule has 0 spiro atoms. The van der Waals surface area contributed by atoms with Crippen LogP contribution in [0.25, 0.3) is 0 Å². The third kappa shape index (κ3) is 5.96. The number of carboxylic acid groups (broad SMARTS) is 1. The maximum absolute atomic E-state index is 11.5. The molecule has 0 saturated heterocycles. The van der Waals surface area contributed by atoms with Crippen LogP contribution in [0.4, 0.5) is 0 Å². The molecule has 0 bridgehead atoms. The van der Waals surface area contributed by atoms with Gasteiger partial charge in [0.25, 0.3) is 0 Å². The summed E-state index contributed by atoms with van der Waals surface area (Å²) >= 11 is 0. The molecule has 0 unspecified atom stereocenters. The SMILES string of the molecule is C[C@H](NOC(=O)CNC(=O)Cc1ccccc1)C(=O)O. The average molecular weight is 280 g/mol. The first-order chi connectivity index (χ1) is 9.49. The quantitative estimate of drug-likeness (QED) is 0.601. The number of carbonyl (C=O) groups excluding carboxylic acids is 2. The van der Waals surface area contributed by atoms with Crippen molar-refractivity contribution in [3.8, 4) is 0 Å². The smallest absolute Gasteiger partial charge is 0.344 e. The Bertz CT molecular complexity index is 475. The normalized spacial score (nSPS) is 11.4. The highest BCUT2D eigenvalue weighted by atomic mass is 16.7. The van der Waals surface area contributed by atoms with Gasteiger partial charge in [-0.2, -0.15) is 0 Å². The lowest BCUT2D eigenvalue weighted by molar-refractivity contribution is -0.157. The Morgan fingerprint density at radius 1 is 1.25 bits per heavy atom. The zero-order valence-electron chi connectivity index (χ0n) is 11.0. The number of nitrogens with one attached hydrogen (secondary N) is 2. The summed E-state index contributed by atoms with van der Waals surface area (Å²) in [6.07, 6.45) is 0.160. The van der Waals surface area contributed by atoms with Gasteiger partial charge in [0.2, 0.25) is 5.91 Å². The molecule has 108 valence electrons. The maximum Gasteiger partial charge on any atom is 0.344 e. The summed E-state index contributed by atoms with van der Waals surface area (Å²) in [6, 6.07) is 8.05. The van der Waals surface area contributed by atoms with Crippen LogP contribution >= 0.6 is 0 Å². The Labute approximate surface area is 115 Å². The van der Waals surface area contributed by atoms with Crippen molar-refractivity contribution >= 4 is 17.8 Å². The van der Waals surface area contributed by atoms with E-state index >= 15 is 0 Å². The number of hydrogen-bond acceptors (Lipinski definition) is 5. The highest BCUT2D eigenvalue weighted by molar-refractivity contribution is 5.83. The van der Waals surface area contributed by atoms with Crippen LogP contribution in [-0.2, 0) is 25.6 Å². The van der Waals surface area contributed by atoms with Gasteiger partial charge >= 0.3 is 11.9 Å². The van der Waals surface area contributed by atoms with E-state index in [9.17, 15) is 14.4 Å². The Morgan fingerprint density at radius 3 is 2.50 bits per heavy atom. The zero-order chi connectivity index (χ0) is 15.0. The van der Waals surface area contributed by atoms with Crippen molar-refractivity contribution in [1.82, 2.24) is 10.8 Å². The van der Waals surface area contributed by atoms with E-state index < -0.39 is 18.0 Å². The highest BCUT2D eigenvalue weighted by Gasteiger charge is 2.13. The van der Waals surface area contributed by atoms with Crippen LogP contribution in [0.15, 0.2) is 30.3 Å². The Balaban J connectivity index is 2.24. The molecule has 0 heterocycles. The summed E-state index contributed by atoms with van der Waals surface area (Å²) in [5.41, 5.74) is 2.88. The van der Waals surface area contributed by atoms with Crippen molar-refractivity contribution in [2.75, 3.05) is 6.54 Å². The van der Waals surface area contributed by atoms with Gasteiger partial charge in [0.05, 0.1) is 6.42 Å². The maximum atomic E-state index is 11.5. The minimum absolute atomic E-state index is 0.160. The number of aliphatic carboxylic acids is 1. The fourth-order valence-electron chi connectivity index (χ4n) is 1.26. The van der Waals surface area contributed by atoms with Crippen LogP contribution in [0.5, 0.6) is 0 Å². The molecule has 3 N–H and O–H groups in total. The van der Waals surface area contributed by atoms with E-state index in [1.54, 1.807) is 12.1 Å². The van der Waals surface area contributed by atoms with Gasteiger partial charge in [0, 0.05) is 0 Å². The molecule has 20 heavy (non-hydrogen) atoms. The number of amides is 1. The van der Waals surface area contributed by atoms with Crippen molar-refractivity contribution in [3.05, 3.63) is 35.9 Å². The van der Waals surface area contributed by atoms with Crippen LogP contribution in [-0.4, -0.2) is 35.5 Å². The largest absolute Gasteiger partial charge is 0.480 e. The van der Waals surface area contributed by atoms with Gasteiger partial charge < -0.3 is 15.3 Å². The van der Waals surface area contributed by atoms with Crippen molar-refractivity contribution in [3.63, 3.8) is 0 Å². The van der Waals surface area contributed by atoms with E-state index in [4.69, 9.17) is 5.11 Å². The number of rotatable bonds is 7. The zero-order valence-corrected chi connectivity index (χ0v) is 11.0. The molecule has 1 aromatic carbocycles. The monoisotopic (exact) mass is 280 g/mol.